The predicted molar refractivity (Wildman–Crippen MR) is 103 cm³/mol. The maximum atomic E-state index is 12.9. The molecule has 27 heavy (non-hydrogen) atoms. The first kappa shape index (κ1) is 17.7. The topological polar surface area (TPSA) is 62.3 Å². The number of nitrogens with one attached hydrogen (secondary N) is 1. The molecule has 1 unspecified atom stereocenters. The number of benzene rings is 1. The van der Waals surface area contributed by atoms with Gasteiger partial charge < -0.3 is 10.2 Å². The first-order chi connectivity index (χ1) is 13.2. The Balaban J connectivity index is 1.42. The number of carbonyl (C=O) groups excluding carboxylic acids is 2. The van der Waals surface area contributed by atoms with Crippen molar-refractivity contribution in [1.82, 2.24) is 15.2 Å². The molecule has 5 heteroatoms. The van der Waals surface area contributed by atoms with E-state index in [-0.39, 0.29) is 29.7 Å². The standard InChI is InChI=1S/C22H25N3O2/c26-21(17-11-14-25(15-12-17)22(27)18-9-10-18)24-20(16-6-2-1-3-7-16)19-8-4-5-13-23-19/h1-8,13,17-18,20H,9-12,14-15H2,(H,24,26). The fraction of sp³-hybridized carbons (Fsp3) is 0.409. The Morgan fingerprint density at radius 1 is 0.926 bits per heavy atom. The van der Waals surface area contributed by atoms with Crippen LogP contribution in [0.3, 0.4) is 0 Å². The molecule has 0 radical (unpaired) electrons. The van der Waals surface area contributed by atoms with Crippen LogP contribution in [0.25, 0.3) is 0 Å². The molecule has 2 amide bonds. The van der Waals surface area contributed by atoms with Gasteiger partial charge in [-0.25, -0.2) is 0 Å². The molecule has 2 fully saturated rings. The maximum absolute atomic E-state index is 12.9. The van der Waals surface area contributed by atoms with Crippen molar-refractivity contribution in [3.05, 3.63) is 66.0 Å². The van der Waals surface area contributed by atoms with Gasteiger partial charge in [0.2, 0.25) is 11.8 Å². The second kappa shape index (κ2) is 7.91. The molecule has 2 aliphatic rings. The lowest BCUT2D eigenvalue weighted by atomic mass is 9.94. The summed E-state index contributed by atoms with van der Waals surface area (Å²) in [6, 6.07) is 15.4. The highest BCUT2D eigenvalue weighted by atomic mass is 16.2. The van der Waals surface area contributed by atoms with Crippen LogP contribution < -0.4 is 5.32 Å². The lowest BCUT2D eigenvalue weighted by Gasteiger charge is -2.32. The lowest BCUT2D eigenvalue weighted by Crippen LogP contribution is -2.44. The number of amides is 2. The number of likely N-dealkylation sites (tertiary alicyclic amines) is 1. The molecule has 1 atom stereocenters. The van der Waals surface area contributed by atoms with Crippen LogP contribution in [0, 0.1) is 11.8 Å². The highest BCUT2D eigenvalue weighted by molar-refractivity contribution is 5.82. The zero-order valence-corrected chi connectivity index (χ0v) is 15.4. The van der Waals surface area contributed by atoms with Gasteiger partial charge >= 0.3 is 0 Å². The van der Waals surface area contributed by atoms with Crippen molar-refractivity contribution in [3.8, 4) is 0 Å². The van der Waals surface area contributed by atoms with Crippen LogP contribution in [0.15, 0.2) is 54.7 Å². The van der Waals surface area contributed by atoms with Crippen molar-refractivity contribution in [3.63, 3.8) is 0 Å². The normalized spacial score (nSPS) is 18.7. The number of hydrogen-bond acceptors (Lipinski definition) is 3. The van der Waals surface area contributed by atoms with E-state index in [1.54, 1.807) is 6.20 Å². The van der Waals surface area contributed by atoms with Gasteiger partial charge in [0.1, 0.15) is 0 Å². The molecule has 1 aliphatic carbocycles. The summed E-state index contributed by atoms with van der Waals surface area (Å²) in [5.74, 6) is 0.530. The van der Waals surface area contributed by atoms with Gasteiger partial charge in [0.25, 0.3) is 0 Å². The predicted octanol–water partition coefficient (Wildman–Crippen LogP) is 2.94. The average molecular weight is 363 g/mol. The summed E-state index contributed by atoms with van der Waals surface area (Å²) in [7, 11) is 0. The van der Waals surface area contributed by atoms with Crippen LogP contribution in [0.5, 0.6) is 0 Å². The van der Waals surface area contributed by atoms with Crippen LogP contribution >= 0.6 is 0 Å². The van der Waals surface area contributed by atoms with Gasteiger partial charge in [-0.1, -0.05) is 36.4 Å². The fourth-order valence-electron chi connectivity index (χ4n) is 3.73. The fourth-order valence-corrected chi connectivity index (χ4v) is 3.73. The van der Waals surface area contributed by atoms with E-state index < -0.39 is 0 Å². The lowest BCUT2D eigenvalue weighted by molar-refractivity contribution is -0.136. The Morgan fingerprint density at radius 2 is 1.63 bits per heavy atom. The molecule has 2 heterocycles. The van der Waals surface area contributed by atoms with E-state index in [9.17, 15) is 9.59 Å². The summed E-state index contributed by atoms with van der Waals surface area (Å²) in [6.07, 6.45) is 5.27. The van der Waals surface area contributed by atoms with Crippen LogP contribution in [0.4, 0.5) is 0 Å². The molecule has 5 nitrogen and oxygen atoms in total. The number of aromatic nitrogens is 1. The number of pyridine rings is 1. The summed E-state index contributed by atoms with van der Waals surface area (Å²) in [5.41, 5.74) is 1.85. The monoisotopic (exact) mass is 363 g/mol. The molecule has 140 valence electrons. The third-order valence-corrected chi connectivity index (χ3v) is 5.51. The Kier molecular flexibility index (Phi) is 5.19. The van der Waals surface area contributed by atoms with Crippen LogP contribution in [-0.2, 0) is 9.59 Å². The second-order valence-corrected chi connectivity index (χ2v) is 7.48. The SMILES string of the molecule is O=C(NC(c1ccccc1)c1ccccn1)C1CCN(C(=O)C2CC2)CC1. The minimum Gasteiger partial charge on any atom is -0.343 e. The van der Waals surface area contributed by atoms with Crippen molar-refractivity contribution in [2.75, 3.05) is 13.1 Å². The quantitative estimate of drug-likeness (QED) is 0.888. The van der Waals surface area contributed by atoms with E-state index in [1.807, 2.05) is 53.4 Å². The van der Waals surface area contributed by atoms with E-state index in [4.69, 9.17) is 0 Å². The molecular weight excluding hydrogens is 338 g/mol. The Hall–Kier alpha value is -2.69. The number of nitrogens with zero attached hydrogens (tertiary/aromatic N) is 2. The zero-order chi connectivity index (χ0) is 18.6. The molecule has 1 N–H and O–H groups in total. The van der Waals surface area contributed by atoms with Crippen molar-refractivity contribution < 1.29 is 9.59 Å². The van der Waals surface area contributed by atoms with Crippen molar-refractivity contribution in [1.29, 1.82) is 0 Å². The van der Waals surface area contributed by atoms with Crippen LogP contribution in [-0.4, -0.2) is 34.8 Å². The molecule has 0 spiro atoms. The highest BCUT2D eigenvalue weighted by Crippen LogP contribution is 2.32. The number of piperidine rings is 1. The average Bonchev–Trinajstić information content (AvgIpc) is 3.58. The number of hydrogen-bond donors (Lipinski definition) is 1. The van der Waals surface area contributed by atoms with Gasteiger partial charge in [-0.3, -0.25) is 14.6 Å². The van der Waals surface area contributed by atoms with E-state index in [0.29, 0.717) is 13.1 Å². The minimum atomic E-state index is -0.258. The van der Waals surface area contributed by atoms with Crippen molar-refractivity contribution in [2.45, 2.75) is 31.7 Å². The molecule has 2 aromatic rings. The van der Waals surface area contributed by atoms with E-state index >= 15 is 0 Å². The first-order valence-electron chi connectivity index (χ1n) is 9.77. The molecular formula is C22H25N3O2. The Labute approximate surface area is 159 Å². The Morgan fingerprint density at radius 3 is 2.26 bits per heavy atom. The molecule has 1 saturated carbocycles. The second-order valence-electron chi connectivity index (χ2n) is 7.48. The molecule has 1 aliphatic heterocycles. The largest absolute Gasteiger partial charge is 0.343 e. The highest BCUT2D eigenvalue weighted by Gasteiger charge is 2.36. The third kappa shape index (κ3) is 4.18. The van der Waals surface area contributed by atoms with Crippen LogP contribution in [0.2, 0.25) is 0 Å². The van der Waals surface area contributed by atoms with Gasteiger partial charge in [0, 0.05) is 31.1 Å². The van der Waals surface area contributed by atoms with Crippen molar-refractivity contribution in [2.24, 2.45) is 11.8 Å². The molecule has 4 rings (SSSR count). The van der Waals surface area contributed by atoms with Crippen molar-refractivity contribution >= 4 is 11.8 Å². The number of rotatable bonds is 5. The van der Waals surface area contributed by atoms with E-state index in [2.05, 4.69) is 10.3 Å². The van der Waals surface area contributed by atoms with E-state index in [0.717, 1.165) is 36.9 Å². The Bertz CT molecular complexity index is 742. The zero-order valence-electron chi connectivity index (χ0n) is 15.4. The summed E-state index contributed by atoms with van der Waals surface area (Å²) in [5, 5.41) is 3.19. The summed E-state index contributed by atoms with van der Waals surface area (Å²) in [6.45, 7) is 1.38. The number of carbonyl (C=O) groups is 2. The molecule has 1 aromatic heterocycles. The minimum absolute atomic E-state index is 0.0491. The first-order valence-corrected chi connectivity index (χ1v) is 9.77. The maximum Gasteiger partial charge on any atom is 0.225 e. The van der Waals surface area contributed by atoms with Gasteiger partial charge in [0.05, 0.1) is 11.7 Å². The summed E-state index contributed by atoms with van der Waals surface area (Å²) >= 11 is 0. The smallest absolute Gasteiger partial charge is 0.225 e. The molecule has 1 aromatic carbocycles. The third-order valence-electron chi connectivity index (χ3n) is 5.51. The van der Waals surface area contributed by atoms with Gasteiger partial charge in [-0.15, -0.1) is 0 Å². The summed E-state index contributed by atoms with van der Waals surface area (Å²) in [4.78, 5) is 31.5. The van der Waals surface area contributed by atoms with E-state index in [1.165, 1.54) is 0 Å². The van der Waals surface area contributed by atoms with Crippen LogP contribution in [0.1, 0.15) is 43.0 Å². The van der Waals surface area contributed by atoms with Gasteiger partial charge in [-0.2, -0.15) is 0 Å². The molecule has 0 bridgehead atoms. The van der Waals surface area contributed by atoms with Gasteiger partial charge in [-0.05, 0) is 43.4 Å². The summed E-state index contributed by atoms with van der Waals surface area (Å²) < 4.78 is 0. The molecule has 1 saturated heterocycles. The van der Waals surface area contributed by atoms with Gasteiger partial charge in [0.15, 0.2) is 0 Å².